The maximum absolute atomic E-state index is 13.9. The highest BCUT2D eigenvalue weighted by molar-refractivity contribution is 5.83. The van der Waals surface area contributed by atoms with Gasteiger partial charge in [-0.05, 0) is 49.1 Å². The van der Waals surface area contributed by atoms with Crippen LogP contribution in [0.1, 0.15) is 24.8 Å². The number of piperidine rings is 1. The number of nitrogens with zero attached hydrogens (tertiary/aromatic N) is 5. The summed E-state index contributed by atoms with van der Waals surface area (Å²) in [5.41, 5.74) is 8.58. The van der Waals surface area contributed by atoms with E-state index in [-0.39, 0.29) is 5.82 Å². The van der Waals surface area contributed by atoms with Crippen LogP contribution in [-0.4, -0.2) is 43.5 Å². The van der Waals surface area contributed by atoms with Gasteiger partial charge in [0.25, 0.3) is 0 Å². The molecule has 4 heterocycles. The predicted octanol–water partition coefficient (Wildman–Crippen LogP) is 6.91. The van der Waals surface area contributed by atoms with Gasteiger partial charge in [0.15, 0.2) is 0 Å². The summed E-state index contributed by atoms with van der Waals surface area (Å²) in [6.45, 7) is 2.84. The molecule has 0 amide bonds. The van der Waals surface area contributed by atoms with E-state index in [9.17, 15) is 4.39 Å². The van der Waals surface area contributed by atoms with Crippen molar-refractivity contribution in [2.24, 2.45) is 0 Å². The topological polar surface area (TPSA) is 83.1 Å². The number of pyridine rings is 1. The normalized spacial score (nSPS) is 14.9. The summed E-state index contributed by atoms with van der Waals surface area (Å²) in [7, 11) is 0. The Hall–Kier alpha value is -4.69. The monoisotopic (exact) mass is 530 g/mol. The molecule has 0 unspecified atom stereocenters. The number of imidazole rings is 1. The standard InChI is InChI=1S/C32H29FN7/c33-26-13-14-28-29(18-26)37-32(36-28)40(15-5-2-6-16-40)21-22-9-11-24(12-10-22)31-27(23-7-3-1-4-8-23)17-25(19-34-31)30-20-35-39-38-30/h1,3-4,7-14,17-20H,2,5-6,15-16,21H2,(H,36,37)(H,35,38,39)/q+1. The Morgan fingerprint density at radius 3 is 2.42 bits per heavy atom. The van der Waals surface area contributed by atoms with E-state index < -0.39 is 0 Å². The first-order valence-electron chi connectivity index (χ1n) is 13.7. The fraction of sp³-hybridized carbons (Fsp3) is 0.188. The number of rotatable bonds is 6. The fourth-order valence-electron chi connectivity index (χ4n) is 5.89. The number of quaternary nitrogens is 1. The summed E-state index contributed by atoms with van der Waals surface area (Å²) in [6.07, 6.45) is 7.15. The minimum atomic E-state index is -0.249. The second-order valence-corrected chi connectivity index (χ2v) is 10.6. The highest BCUT2D eigenvalue weighted by atomic mass is 19.1. The first-order chi connectivity index (χ1) is 19.7. The van der Waals surface area contributed by atoms with Crippen LogP contribution in [0.3, 0.4) is 0 Å². The van der Waals surface area contributed by atoms with Gasteiger partial charge in [-0.15, -0.1) is 5.10 Å². The first-order valence-corrected chi connectivity index (χ1v) is 13.7. The largest absolute Gasteiger partial charge is 0.307 e. The third-order valence-corrected chi connectivity index (χ3v) is 7.95. The number of likely N-dealkylation sites (tertiary alicyclic amines) is 1. The molecule has 0 spiro atoms. The van der Waals surface area contributed by atoms with Crippen molar-refractivity contribution in [3.8, 4) is 33.6 Å². The Bertz CT molecular complexity index is 1750. The molecule has 1 fully saturated rings. The number of aromatic nitrogens is 6. The molecule has 1 aliphatic heterocycles. The number of hydrogen-bond acceptors (Lipinski definition) is 4. The first kappa shape index (κ1) is 24.4. The van der Waals surface area contributed by atoms with Gasteiger partial charge in [-0.3, -0.25) is 19.5 Å². The van der Waals surface area contributed by atoms with E-state index in [0.29, 0.717) is 0 Å². The number of nitrogens with one attached hydrogen (secondary N) is 2. The minimum Gasteiger partial charge on any atom is -0.292 e. The molecule has 0 bridgehead atoms. The van der Waals surface area contributed by atoms with E-state index in [1.165, 1.54) is 24.1 Å². The molecule has 8 heteroatoms. The van der Waals surface area contributed by atoms with Crippen LogP contribution in [0.5, 0.6) is 0 Å². The van der Waals surface area contributed by atoms with Gasteiger partial charge in [-0.25, -0.2) is 4.39 Å². The number of aromatic amines is 2. The molecule has 7 rings (SSSR count). The maximum atomic E-state index is 13.9. The molecular formula is C32H29FN7+. The fourth-order valence-corrected chi connectivity index (χ4v) is 5.89. The Balaban J connectivity index is 1.23. The van der Waals surface area contributed by atoms with Crippen LogP contribution in [-0.2, 0) is 6.54 Å². The van der Waals surface area contributed by atoms with Gasteiger partial charge in [-0.1, -0.05) is 59.8 Å². The SMILES string of the molecule is Fc1ccc2nc([N+]3(Cc4ccc(-c5ncc(-c6c[nH]nn6)cc5-c5ccccc5)cc4)CCCCC3)[nH]c2c1. The molecular weight excluding hydrogens is 501 g/mol. The van der Waals surface area contributed by atoms with Crippen molar-refractivity contribution in [3.05, 3.63) is 103 Å². The van der Waals surface area contributed by atoms with Gasteiger partial charge >= 0.3 is 5.95 Å². The molecule has 0 atom stereocenters. The highest BCUT2D eigenvalue weighted by Gasteiger charge is 2.36. The lowest BCUT2D eigenvalue weighted by atomic mass is 9.96. The van der Waals surface area contributed by atoms with E-state index in [4.69, 9.17) is 9.97 Å². The van der Waals surface area contributed by atoms with E-state index >= 15 is 0 Å². The number of hydrogen-bond donors (Lipinski definition) is 2. The minimum absolute atomic E-state index is 0.249. The van der Waals surface area contributed by atoms with Crippen LogP contribution in [0.25, 0.3) is 44.7 Å². The molecule has 198 valence electrons. The smallest absolute Gasteiger partial charge is 0.292 e. The predicted molar refractivity (Wildman–Crippen MR) is 156 cm³/mol. The second kappa shape index (κ2) is 10.1. The van der Waals surface area contributed by atoms with Gasteiger partial charge in [0.2, 0.25) is 0 Å². The van der Waals surface area contributed by atoms with Crippen LogP contribution in [0.15, 0.2) is 91.3 Å². The van der Waals surface area contributed by atoms with E-state index in [0.717, 1.165) is 87.6 Å². The highest BCUT2D eigenvalue weighted by Crippen LogP contribution is 2.35. The molecule has 0 radical (unpaired) electrons. The Kier molecular flexibility index (Phi) is 6.17. The van der Waals surface area contributed by atoms with Crippen molar-refractivity contribution >= 4 is 17.0 Å². The number of halogens is 1. The van der Waals surface area contributed by atoms with Crippen molar-refractivity contribution in [1.29, 1.82) is 0 Å². The molecule has 3 aromatic carbocycles. The zero-order chi connectivity index (χ0) is 26.9. The molecule has 2 N–H and O–H groups in total. The van der Waals surface area contributed by atoms with Gasteiger partial charge in [0, 0.05) is 28.5 Å². The molecule has 40 heavy (non-hydrogen) atoms. The lowest BCUT2D eigenvalue weighted by Crippen LogP contribution is -2.52. The van der Waals surface area contributed by atoms with Gasteiger partial charge in [-0.2, -0.15) is 4.98 Å². The van der Waals surface area contributed by atoms with E-state index in [2.05, 4.69) is 62.9 Å². The quantitative estimate of drug-likeness (QED) is 0.229. The van der Waals surface area contributed by atoms with Crippen LogP contribution in [0.4, 0.5) is 10.3 Å². The average molecular weight is 531 g/mol. The second-order valence-electron chi connectivity index (χ2n) is 10.6. The van der Waals surface area contributed by atoms with E-state index in [1.807, 2.05) is 24.4 Å². The third kappa shape index (κ3) is 4.56. The van der Waals surface area contributed by atoms with Crippen LogP contribution in [0, 0.1) is 5.82 Å². The molecule has 6 aromatic rings. The number of fused-ring (bicyclic) bond motifs is 1. The lowest BCUT2D eigenvalue weighted by molar-refractivity contribution is 0.211. The zero-order valence-corrected chi connectivity index (χ0v) is 22.0. The molecule has 0 aliphatic carbocycles. The Morgan fingerprint density at radius 2 is 1.65 bits per heavy atom. The summed E-state index contributed by atoms with van der Waals surface area (Å²) in [6, 6.07) is 25.9. The van der Waals surface area contributed by atoms with Crippen LogP contribution < -0.4 is 4.48 Å². The van der Waals surface area contributed by atoms with Crippen molar-refractivity contribution in [1.82, 2.24) is 34.8 Å². The molecule has 1 aliphatic rings. The third-order valence-electron chi connectivity index (χ3n) is 7.95. The number of H-pyrrole nitrogens is 2. The van der Waals surface area contributed by atoms with Crippen molar-refractivity contribution < 1.29 is 4.39 Å². The summed E-state index contributed by atoms with van der Waals surface area (Å²) < 4.78 is 14.6. The summed E-state index contributed by atoms with van der Waals surface area (Å²) in [4.78, 5) is 13.2. The Morgan fingerprint density at radius 1 is 0.825 bits per heavy atom. The maximum Gasteiger partial charge on any atom is 0.307 e. The van der Waals surface area contributed by atoms with Crippen LogP contribution >= 0.6 is 0 Å². The lowest BCUT2D eigenvalue weighted by Gasteiger charge is -2.38. The summed E-state index contributed by atoms with van der Waals surface area (Å²) in [5.74, 6) is 0.668. The summed E-state index contributed by atoms with van der Waals surface area (Å²) >= 11 is 0. The van der Waals surface area contributed by atoms with Crippen molar-refractivity contribution in [2.75, 3.05) is 13.1 Å². The van der Waals surface area contributed by atoms with E-state index in [1.54, 1.807) is 12.3 Å². The van der Waals surface area contributed by atoms with Gasteiger partial charge in [0.05, 0.1) is 36.0 Å². The molecule has 1 saturated heterocycles. The van der Waals surface area contributed by atoms with Gasteiger partial charge < -0.3 is 0 Å². The zero-order valence-electron chi connectivity index (χ0n) is 22.0. The average Bonchev–Trinajstić information content (AvgIpc) is 3.69. The van der Waals surface area contributed by atoms with Crippen LogP contribution in [0.2, 0.25) is 0 Å². The van der Waals surface area contributed by atoms with Gasteiger partial charge in [0.1, 0.15) is 18.1 Å². The van der Waals surface area contributed by atoms with Crippen molar-refractivity contribution in [2.45, 2.75) is 25.8 Å². The Labute approximate surface area is 231 Å². The molecule has 3 aromatic heterocycles. The number of benzene rings is 3. The molecule has 7 nitrogen and oxygen atoms in total. The molecule has 0 saturated carbocycles. The summed E-state index contributed by atoms with van der Waals surface area (Å²) in [5, 5.41) is 10.8. The van der Waals surface area contributed by atoms with Crippen molar-refractivity contribution in [3.63, 3.8) is 0 Å².